The number of nitrogens with one attached hydrogen (secondary N) is 1. The van der Waals surface area contributed by atoms with Crippen LogP contribution in [0.15, 0.2) is 17.8 Å². The summed E-state index contributed by atoms with van der Waals surface area (Å²) in [5, 5.41) is 9.62. The lowest BCUT2D eigenvalue weighted by atomic mass is 10.3. The SMILES string of the molecule is Cn1cc(CN2CCCN(C(=O)Cc3csc(N4CCCNC4=O)n3)CC2)cn1. The molecule has 4 heterocycles. The minimum Gasteiger partial charge on any atom is -0.341 e. The van der Waals surface area contributed by atoms with Gasteiger partial charge in [-0.05, 0) is 12.8 Å². The van der Waals surface area contributed by atoms with E-state index in [0.717, 1.165) is 51.3 Å². The fourth-order valence-corrected chi connectivity index (χ4v) is 4.62. The first-order chi connectivity index (χ1) is 14.1. The highest BCUT2D eigenvalue weighted by molar-refractivity contribution is 7.14. The van der Waals surface area contributed by atoms with Crippen LogP contribution in [-0.4, -0.2) is 75.8 Å². The largest absolute Gasteiger partial charge is 0.341 e. The molecule has 0 bridgehead atoms. The normalized spacial score (nSPS) is 18.6. The maximum absolute atomic E-state index is 12.8. The Hall–Kier alpha value is -2.46. The molecule has 2 aromatic heterocycles. The molecule has 0 aromatic carbocycles. The van der Waals surface area contributed by atoms with Gasteiger partial charge in [-0.15, -0.1) is 11.3 Å². The quantitative estimate of drug-likeness (QED) is 0.787. The summed E-state index contributed by atoms with van der Waals surface area (Å²) in [4.78, 5) is 35.3. The average molecular weight is 418 g/mol. The summed E-state index contributed by atoms with van der Waals surface area (Å²) in [5.74, 6) is 0.105. The maximum Gasteiger partial charge on any atom is 0.323 e. The van der Waals surface area contributed by atoms with E-state index in [-0.39, 0.29) is 18.4 Å². The third-order valence-electron chi connectivity index (χ3n) is 5.29. The van der Waals surface area contributed by atoms with Crippen LogP contribution in [0.1, 0.15) is 24.1 Å². The molecule has 4 rings (SSSR count). The fourth-order valence-electron chi connectivity index (χ4n) is 3.77. The Bertz CT molecular complexity index is 864. The number of carbonyl (C=O) groups excluding carboxylic acids is 2. The van der Waals surface area contributed by atoms with Crippen LogP contribution < -0.4 is 10.2 Å². The molecule has 9 nitrogen and oxygen atoms in total. The van der Waals surface area contributed by atoms with Crippen molar-refractivity contribution < 1.29 is 9.59 Å². The molecule has 3 amide bonds. The number of nitrogens with zero attached hydrogens (tertiary/aromatic N) is 6. The first-order valence-corrected chi connectivity index (χ1v) is 10.9. The summed E-state index contributed by atoms with van der Waals surface area (Å²) >= 11 is 1.42. The van der Waals surface area contributed by atoms with Crippen molar-refractivity contribution in [1.82, 2.24) is 29.9 Å². The number of urea groups is 1. The number of anilines is 1. The summed E-state index contributed by atoms with van der Waals surface area (Å²) in [7, 11) is 1.92. The van der Waals surface area contributed by atoms with Crippen molar-refractivity contribution in [3.63, 3.8) is 0 Å². The highest BCUT2D eigenvalue weighted by Gasteiger charge is 2.24. The Balaban J connectivity index is 1.30. The summed E-state index contributed by atoms with van der Waals surface area (Å²) in [6, 6.07) is -0.107. The third kappa shape index (κ3) is 4.94. The first kappa shape index (κ1) is 19.8. The average Bonchev–Trinajstić information content (AvgIpc) is 3.25. The van der Waals surface area contributed by atoms with E-state index in [1.54, 1.807) is 4.90 Å². The molecule has 29 heavy (non-hydrogen) atoms. The van der Waals surface area contributed by atoms with Gasteiger partial charge in [0, 0.05) is 70.0 Å². The van der Waals surface area contributed by atoms with Crippen molar-refractivity contribution in [2.75, 3.05) is 44.2 Å². The Labute approximate surface area is 174 Å². The van der Waals surface area contributed by atoms with E-state index >= 15 is 0 Å². The summed E-state index contributed by atoms with van der Waals surface area (Å²) in [6.45, 7) is 5.58. The highest BCUT2D eigenvalue weighted by Crippen LogP contribution is 2.23. The number of hydrogen-bond acceptors (Lipinski definition) is 6. The molecule has 0 unspecified atom stereocenters. The Morgan fingerprint density at radius 2 is 2.10 bits per heavy atom. The zero-order valence-electron chi connectivity index (χ0n) is 16.7. The summed E-state index contributed by atoms with van der Waals surface area (Å²) in [5.41, 5.74) is 1.94. The van der Waals surface area contributed by atoms with Crippen LogP contribution in [0.25, 0.3) is 0 Å². The second-order valence-electron chi connectivity index (χ2n) is 7.57. The van der Waals surface area contributed by atoms with Gasteiger partial charge in [-0.2, -0.15) is 5.10 Å². The van der Waals surface area contributed by atoms with Crippen molar-refractivity contribution in [3.05, 3.63) is 29.0 Å². The number of hydrogen-bond donors (Lipinski definition) is 1. The van der Waals surface area contributed by atoms with Gasteiger partial charge in [0.2, 0.25) is 5.91 Å². The smallest absolute Gasteiger partial charge is 0.323 e. The lowest BCUT2D eigenvalue weighted by Gasteiger charge is -2.24. The van der Waals surface area contributed by atoms with Crippen LogP contribution in [0.3, 0.4) is 0 Å². The van der Waals surface area contributed by atoms with Crippen molar-refractivity contribution in [2.45, 2.75) is 25.8 Å². The number of amides is 3. The topological polar surface area (TPSA) is 86.6 Å². The molecule has 0 aliphatic carbocycles. The lowest BCUT2D eigenvalue weighted by Crippen LogP contribution is -2.46. The van der Waals surface area contributed by atoms with Gasteiger partial charge in [0.05, 0.1) is 18.3 Å². The number of aromatic nitrogens is 3. The molecule has 2 aromatic rings. The van der Waals surface area contributed by atoms with Crippen molar-refractivity contribution in [2.24, 2.45) is 7.05 Å². The van der Waals surface area contributed by atoms with E-state index in [1.165, 1.54) is 16.9 Å². The van der Waals surface area contributed by atoms with Gasteiger partial charge in [-0.25, -0.2) is 9.78 Å². The van der Waals surface area contributed by atoms with Gasteiger partial charge in [0.1, 0.15) is 0 Å². The van der Waals surface area contributed by atoms with Crippen LogP contribution in [0.2, 0.25) is 0 Å². The standard InChI is InChI=1S/C19H27N7O2S/c1-23-12-15(11-21-23)13-24-5-3-6-25(9-8-24)17(27)10-16-14-29-19(22-16)26-7-2-4-20-18(26)28/h11-12,14H,2-10,13H2,1H3,(H,20,28). The Morgan fingerprint density at radius 3 is 2.90 bits per heavy atom. The fraction of sp³-hybridized carbons (Fsp3) is 0.579. The van der Waals surface area contributed by atoms with Crippen molar-refractivity contribution in [3.8, 4) is 0 Å². The van der Waals surface area contributed by atoms with Crippen LogP contribution in [-0.2, 0) is 24.8 Å². The molecule has 0 radical (unpaired) electrons. The second-order valence-corrected chi connectivity index (χ2v) is 8.40. The zero-order valence-corrected chi connectivity index (χ0v) is 17.5. The van der Waals surface area contributed by atoms with Crippen molar-refractivity contribution >= 4 is 28.4 Å². The maximum atomic E-state index is 12.8. The number of carbonyl (C=O) groups is 2. The van der Waals surface area contributed by atoms with E-state index in [4.69, 9.17) is 0 Å². The molecule has 10 heteroatoms. The monoisotopic (exact) mass is 417 g/mol. The minimum absolute atomic E-state index is 0.105. The second kappa shape index (κ2) is 8.91. The predicted molar refractivity (Wildman–Crippen MR) is 111 cm³/mol. The molecular weight excluding hydrogens is 390 g/mol. The van der Waals surface area contributed by atoms with Gasteiger partial charge in [0.25, 0.3) is 0 Å². The van der Waals surface area contributed by atoms with Gasteiger partial charge >= 0.3 is 6.03 Å². The molecule has 2 aliphatic heterocycles. The minimum atomic E-state index is -0.107. The van der Waals surface area contributed by atoms with Gasteiger partial charge < -0.3 is 10.2 Å². The van der Waals surface area contributed by atoms with Crippen LogP contribution in [0.5, 0.6) is 0 Å². The highest BCUT2D eigenvalue weighted by atomic mass is 32.1. The molecule has 156 valence electrons. The molecule has 2 aliphatic rings. The molecular formula is C19H27N7O2S. The summed E-state index contributed by atoms with van der Waals surface area (Å²) < 4.78 is 1.82. The number of aryl methyl sites for hydroxylation is 1. The molecule has 2 saturated heterocycles. The van der Waals surface area contributed by atoms with E-state index in [0.29, 0.717) is 18.2 Å². The molecule has 2 fully saturated rings. The van der Waals surface area contributed by atoms with Crippen LogP contribution in [0.4, 0.5) is 9.93 Å². The number of thiazole rings is 1. The van der Waals surface area contributed by atoms with Gasteiger partial charge in [0.15, 0.2) is 5.13 Å². The predicted octanol–water partition coefficient (Wildman–Crippen LogP) is 1.07. The van der Waals surface area contributed by atoms with Crippen LogP contribution in [0, 0.1) is 0 Å². The van der Waals surface area contributed by atoms with Crippen LogP contribution >= 0.6 is 11.3 Å². The van der Waals surface area contributed by atoms with E-state index in [1.807, 2.05) is 34.4 Å². The molecule has 1 N–H and O–H groups in total. The summed E-state index contributed by atoms with van der Waals surface area (Å²) in [6.07, 6.45) is 6.09. The van der Waals surface area contributed by atoms with E-state index in [2.05, 4.69) is 20.3 Å². The van der Waals surface area contributed by atoms with E-state index in [9.17, 15) is 9.59 Å². The Morgan fingerprint density at radius 1 is 1.21 bits per heavy atom. The Kier molecular flexibility index (Phi) is 6.10. The molecule has 0 spiro atoms. The third-order valence-corrected chi connectivity index (χ3v) is 6.20. The van der Waals surface area contributed by atoms with Gasteiger partial charge in [-0.1, -0.05) is 0 Å². The van der Waals surface area contributed by atoms with E-state index < -0.39 is 0 Å². The van der Waals surface area contributed by atoms with Gasteiger partial charge in [-0.3, -0.25) is 19.3 Å². The lowest BCUT2D eigenvalue weighted by molar-refractivity contribution is -0.130. The molecule has 0 atom stereocenters. The molecule has 0 saturated carbocycles. The first-order valence-electron chi connectivity index (χ1n) is 10.1. The van der Waals surface area contributed by atoms with Crippen molar-refractivity contribution in [1.29, 1.82) is 0 Å². The number of rotatable bonds is 5. The zero-order chi connectivity index (χ0) is 20.2.